The van der Waals surface area contributed by atoms with Crippen molar-refractivity contribution in [1.29, 1.82) is 0 Å². The van der Waals surface area contributed by atoms with Crippen LogP contribution in [-0.2, 0) is 27.8 Å². The van der Waals surface area contributed by atoms with Gasteiger partial charge in [-0.05, 0) is 0 Å². The van der Waals surface area contributed by atoms with Gasteiger partial charge >= 0.3 is 58.8 Å². The topological polar surface area (TPSA) is 26.3 Å². The Bertz CT molecular complexity index is 69.4. The van der Waals surface area contributed by atoms with E-state index in [1.807, 2.05) is 6.92 Å². The maximum atomic E-state index is 10.4. The van der Waals surface area contributed by atoms with E-state index in [1.54, 1.807) is 0 Å². The number of carbonyl (C=O) groups is 1. The van der Waals surface area contributed by atoms with Crippen molar-refractivity contribution in [2.24, 2.45) is 0 Å². The number of ether oxygens (including phenoxy) is 1. The van der Waals surface area contributed by atoms with Gasteiger partial charge < -0.3 is 0 Å². The fourth-order valence-corrected chi connectivity index (χ4v) is 0.983. The van der Waals surface area contributed by atoms with Gasteiger partial charge in [0.15, 0.2) is 0 Å². The molecule has 0 aromatic rings. The first kappa shape index (κ1) is 12.3. The monoisotopic (exact) mass is 245 g/mol. The number of carbonyl (C=O) groups excluding carboxylic acids is 1. The van der Waals surface area contributed by atoms with E-state index in [0.717, 1.165) is 5.02 Å². The second kappa shape index (κ2) is 8.57. The Hall–Kier alpha value is 0.573. The van der Waals surface area contributed by atoms with E-state index in [4.69, 9.17) is 0 Å². The number of halogens is 1. The van der Waals surface area contributed by atoms with Crippen LogP contribution < -0.4 is 0 Å². The van der Waals surface area contributed by atoms with Gasteiger partial charge in [0.25, 0.3) is 0 Å². The van der Waals surface area contributed by atoms with Crippen LogP contribution in [-0.4, -0.2) is 12.6 Å². The zero-order valence-electron chi connectivity index (χ0n) is 5.55. The third kappa shape index (κ3) is 8.57. The first-order valence-corrected chi connectivity index (χ1v) is 4.86. The average molecular weight is 247 g/mol. The predicted molar refractivity (Wildman–Crippen MR) is 36.4 cm³/mol. The average Bonchev–Trinajstić information content (AvgIpc) is 1.68. The molecule has 0 fully saturated rings. The van der Waals surface area contributed by atoms with Crippen LogP contribution >= 0.6 is 17.0 Å². The summed E-state index contributed by atoms with van der Waals surface area (Å²) in [5, 5.41) is 0.999. The van der Waals surface area contributed by atoms with E-state index in [1.165, 1.54) is 18.3 Å². The van der Waals surface area contributed by atoms with Gasteiger partial charge in [0.1, 0.15) is 0 Å². The molecule has 0 rings (SSSR count). The molecule has 0 saturated carbocycles. The molecule has 0 aliphatic carbocycles. The Labute approximate surface area is 75.8 Å². The van der Waals surface area contributed by atoms with Crippen molar-refractivity contribution < 1.29 is 27.8 Å². The minimum atomic E-state index is -0.0567. The molecule has 4 heteroatoms. The summed E-state index contributed by atoms with van der Waals surface area (Å²) in [6.07, 6.45) is 0.605. The Morgan fingerprint density at radius 1 is 1.67 bits per heavy atom. The molecule has 0 atom stereocenters. The van der Waals surface area contributed by atoms with E-state index >= 15 is 0 Å². The van der Waals surface area contributed by atoms with Crippen LogP contribution in [0.2, 0.25) is 5.02 Å². The Balaban J connectivity index is 0. The van der Waals surface area contributed by atoms with Gasteiger partial charge in [-0.25, -0.2) is 0 Å². The number of rotatable bonds is 3. The van der Waals surface area contributed by atoms with Crippen LogP contribution in [0.4, 0.5) is 0 Å². The predicted octanol–water partition coefficient (Wildman–Crippen LogP) is 1.48. The second-order valence-electron chi connectivity index (χ2n) is 1.41. The quantitative estimate of drug-likeness (QED) is 0.558. The molecular formula is C5H10BrO2Zn. The summed E-state index contributed by atoms with van der Waals surface area (Å²) < 4.78 is 4.66. The first-order chi connectivity index (χ1) is 3.81. The molecule has 0 aromatic carbocycles. The molecule has 0 aromatic heterocycles. The van der Waals surface area contributed by atoms with Crippen molar-refractivity contribution in [3.05, 3.63) is 0 Å². The van der Waals surface area contributed by atoms with Crippen LogP contribution in [0.25, 0.3) is 0 Å². The van der Waals surface area contributed by atoms with Gasteiger partial charge in [0, 0.05) is 0 Å². The molecule has 2 nitrogen and oxygen atoms in total. The molecular weight excluding hydrogens is 237 g/mol. The molecule has 0 N–H and O–H groups in total. The van der Waals surface area contributed by atoms with Crippen molar-refractivity contribution >= 4 is 23.0 Å². The first-order valence-electron chi connectivity index (χ1n) is 2.76. The van der Waals surface area contributed by atoms with E-state index < -0.39 is 0 Å². The SMILES string of the molecule is Br.CCOC(=O)C[CH2][Zn]. The normalized spacial score (nSPS) is 7.89. The molecule has 0 unspecified atom stereocenters. The third-order valence-electron chi connectivity index (χ3n) is 0.686. The fraction of sp³-hybridized carbons (Fsp3) is 0.800. The number of hydrogen-bond acceptors (Lipinski definition) is 2. The van der Waals surface area contributed by atoms with Gasteiger partial charge in [-0.3, -0.25) is 0 Å². The van der Waals surface area contributed by atoms with Crippen molar-refractivity contribution in [1.82, 2.24) is 0 Å². The van der Waals surface area contributed by atoms with Crippen LogP contribution in [0.3, 0.4) is 0 Å². The van der Waals surface area contributed by atoms with E-state index in [2.05, 4.69) is 4.74 Å². The molecule has 0 bridgehead atoms. The van der Waals surface area contributed by atoms with Crippen LogP contribution in [0.1, 0.15) is 13.3 Å². The van der Waals surface area contributed by atoms with Crippen molar-refractivity contribution in [2.45, 2.75) is 18.4 Å². The Morgan fingerprint density at radius 2 is 2.22 bits per heavy atom. The van der Waals surface area contributed by atoms with E-state index in [0.29, 0.717) is 13.0 Å². The van der Waals surface area contributed by atoms with Gasteiger partial charge in [-0.15, -0.1) is 17.0 Å². The van der Waals surface area contributed by atoms with Crippen molar-refractivity contribution in [2.75, 3.05) is 6.61 Å². The van der Waals surface area contributed by atoms with Gasteiger partial charge in [-0.1, -0.05) is 0 Å². The zero-order valence-corrected chi connectivity index (χ0v) is 10.2. The van der Waals surface area contributed by atoms with E-state index in [-0.39, 0.29) is 23.0 Å². The summed E-state index contributed by atoms with van der Waals surface area (Å²) in [6, 6.07) is 0. The molecule has 0 spiro atoms. The molecule has 0 saturated heterocycles. The molecule has 0 heterocycles. The van der Waals surface area contributed by atoms with E-state index in [9.17, 15) is 4.79 Å². The summed E-state index contributed by atoms with van der Waals surface area (Å²) >= 11 is 1.18. The second-order valence-corrected chi connectivity index (χ2v) is 2.89. The van der Waals surface area contributed by atoms with Gasteiger partial charge in [0.2, 0.25) is 0 Å². The fourth-order valence-electron chi connectivity index (χ4n) is 0.377. The molecule has 0 amide bonds. The van der Waals surface area contributed by atoms with Crippen LogP contribution in [0.5, 0.6) is 0 Å². The van der Waals surface area contributed by atoms with Crippen molar-refractivity contribution in [3.8, 4) is 0 Å². The molecule has 0 aliphatic rings. The van der Waals surface area contributed by atoms with Crippen LogP contribution in [0.15, 0.2) is 0 Å². The van der Waals surface area contributed by atoms with Crippen molar-refractivity contribution in [3.63, 3.8) is 0 Å². The summed E-state index contributed by atoms with van der Waals surface area (Å²) in [5.74, 6) is -0.0567. The molecule has 0 aliphatic heterocycles. The summed E-state index contributed by atoms with van der Waals surface area (Å²) in [5.41, 5.74) is 0. The summed E-state index contributed by atoms with van der Waals surface area (Å²) in [7, 11) is 0. The Morgan fingerprint density at radius 3 is 2.56 bits per heavy atom. The number of esters is 1. The minimum absolute atomic E-state index is 0. The standard InChI is InChI=1S/C5H9O2.BrH.Zn/c1-3-5(6)7-4-2;;/h1,3-4H2,2H3;1H;. The van der Waals surface area contributed by atoms with Crippen LogP contribution in [0, 0.1) is 0 Å². The Kier molecular flexibility index (Phi) is 11.7. The van der Waals surface area contributed by atoms with Gasteiger partial charge in [-0.2, -0.15) is 0 Å². The van der Waals surface area contributed by atoms with Gasteiger partial charge in [0.05, 0.1) is 0 Å². The summed E-state index contributed by atoms with van der Waals surface area (Å²) in [4.78, 5) is 10.4. The zero-order chi connectivity index (χ0) is 6.41. The maximum absolute atomic E-state index is 10.4. The number of hydrogen-bond donors (Lipinski definition) is 0. The molecule has 0 radical (unpaired) electrons. The summed E-state index contributed by atoms with van der Waals surface area (Å²) in [6.45, 7) is 2.34. The molecule has 9 heavy (non-hydrogen) atoms. The molecule has 51 valence electrons. The third-order valence-corrected chi connectivity index (χ3v) is 1.43.